The van der Waals surface area contributed by atoms with E-state index in [1.807, 2.05) is 4.90 Å². The number of halogens is 1. The molecule has 1 aromatic rings. The Bertz CT molecular complexity index is 461. The molecule has 1 aliphatic heterocycles. The molecule has 19 heavy (non-hydrogen) atoms. The number of phenolic OH excluding ortho intramolecular Hbond substituents is 1. The zero-order valence-electron chi connectivity index (χ0n) is 11.2. The summed E-state index contributed by atoms with van der Waals surface area (Å²) in [6.07, 6.45) is 4.31. The number of alkyl halides is 1. The Hall–Kier alpha value is -1.03. The van der Waals surface area contributed by atoms with Gasteiger partial charge in [-0.05, 0) is 44.7 Å². The van der Waals surface area contributed by atoms with Crippen molar-refractivity contribution in [3.63, 3.8) is 0 Å². The van der Waals surface area contributed by atoms with Crippen molar-refractivity contribution in [1.82, 2.24) is 4.90 Å². The van der Waals surface area contributed by atoms with Crippen LogP contribution in [-0.2, 0) is 0 Å². The van der Waals surface area contributed by atoms with Crippen LogP contribution in [0.25, 0.3) is 0 Å². The van der Waals surface area contributed by atoms with Gasteiger partial charge in [0.05, 0.1) is 0 Å². The minimum atomic E-state index is 0.0606. The molecule has 1 aromatic carbocycles. The van der Waals surface area contributed by atoms with Crippen molar-refractivity contribution >= 4 is 21.8 Å². The van der Waals surface area contributed by atoms with Crippen molar-refractivity contribution in [1.29, 1.82) is 0 Å². The molecule has 4 heteroatoms. The molecule has 0 spiro atoms. The van der Waals surface area contributed by atoms with Crippen molar-refractivity contribution in [2.45, 2.75) is 38.6 Å². The van der Waals surface area contributed by atoms with Gasteiger partial charge in [0.15, 0.2) is 0 Å². The van der Waals surface area contributed by atoms with E-state index in [2.05, 4.69) is 15.9 Å². The Balaban J connectivity index is 2.16. The summed E-state index contributed by atoms with van der Waals surface area (Å²) in [4.78, 5) is 14.6. The zero-order chi connectivity index (χ0) is 13.8. The van der Waals surface area contributed by atoms with E-state index in [4.69, 9.17) is 0 Å². The van der Waals surface area contributed by atoms with Crippen LogP contribution in [0.4, 0.5) is 0 Å². The molecule has 1 aliphatic rings. The maximum Gasteiger partial charge on any atom is 0.254 e. The third kappa shape index (κ3) is 3.11. The topological polar surface area (TPSA) is 40.5 Å². The first-order valence-electron chi connectivity index (χ1n) is 6.80. The number of likely N-dealkylation sites (tertiary alicyclic amines) is 1. The minimum Gasteiger partial charge on any atom is -0.508 e. The molecule has 0 radical (unpaired) electrons. The molecule has 0 bridgehead atoms. The number of nitrogens with zero attached hydrogens (tertiary/aromatic N) is 1. The normalized spacial score (nSPS) is 18.8. The summed E-state index contributed by atoms with van der Waals surface area (Å²) in [5.41, 5.74) is 1.31. The first-order chi connectivity index (χ1) is 9.15. The van der Waals surface area contributed by atoms with E-state index in [-0.39, 0.29) is 11.7 Å². The summed E-state index contributed by atoms with van der Waals surface area (Å²) >= 11 is 3.44. The van der Waals surface area contributed by atoms with Crippen LogP contribution in [0, 0.1) is 6.92 Å². The number of carbonyl (C=O) groups is 1. The molecule has 0 aliphatic carbocycles. The standard InChI is InChI=1S/C15H20BrNO2/c1-11-13(7-2-8-14(11)18)15(19)17-10-4-6-12(17)5-3-9-16/h2,7-8,12,18H,3-6,9-10H2,1H3. The van der Waals surface area contributed by atoms with Crippen LogP contribution in [0.5, 0.6) is 5.75 Å². The SMILES string of the molecule is Cc1c(O)cccc1C(=O)N1CCCC1CCCBr. The van der Waals surface area contributed by atoms with Gasteiger partial charge >= 0.3 is 0 Å². The van der Waals surface area contributed by atoms with Gasteiger partial charge in [0.1, 0.15) is 5.75 Å². The summed E-state index contributed by atoms with van der Waals surface area (Å²) in [6, 6.07) is 5.52. The molecule has 1 heterocycles. The van der Waals surface area contributed by atoms with Gasteiger partial charge in [-0.25, -0.2) is 0 Å². The Morgan fingerprint density at radius 3 is 3.05 bits per heavy atom. The second kappa shape index (κ2) is 6.42. The van der Waals surface area contributed by atoms with E-state index in [0.29, 0.717) is 17.2 Å². The number of carbonyl (C=O) groups excluding carboxylic acids is 1. The number of rotatable bonds is 4. The number of benzene rings is 1. The number of hydrogen-bond donors (Lipinski definition) is 1. The van der Waals surface area contributed by atoms with Gasteiger partial charge in [-0.3, -0.25) is 4.79 Å². The molecular formula is C15H20BrNO2. The van der Waals surface area contributed by atoms with Crippen LogP contribution in [0.1, 0.15) is 41.6 Å². The van der Waals surface area contributed by atoms with Gasteiger partial charge in [0, 0.05) is 29.0 Å². The van der Waals surface area contributed by atoms with E-state index < -0.39 is 0 Å². The molecule has 0 aromatic heterocycles. The summed E-state index contributed by atoms with van der Waals surface area (Å²) in [5, 5.41) is 10.7. The maximum atomic E-state index is 12.6. The Kier molecular flexibility index (Phi) is 4.86. The van der Waals surface area contributed by atoms with Crippen LogP contribution in [0.2, 0.25) is 0 Å². The Morgan fingerprint density at radius 1 is 1.53 bits per heavy atom. The van der Waals surface area contributed by atoms with E-state index in [1.165, 1.54) is 0 Å². The van der Waals surface area contributed by atoms with Crippen LogP contribution >= 0.6 is 15.9 Å². The van der Waals surface area contributed by atoms with Crippen molar-refractivity contribution in [3.8, 4) is 5.75 Å². The molecule has 104 valence electrons. The molecule has 0 saturated carbocycles. The molecule has 1 amide bonds. The highest BCUT2D eigenvalue weighted by molar-refractivity contribution is 9.09. The van der Waals surface area contributed by atoms with Crippen molar-refractivity contribution in [3.05, 3.63) is 29.3 Å². The maximum absolute atomic E-state index is 12.6. The van der Waals surface area contributed by atoms with E-state index in [1.54, 1.807) is 25.1 Å². The highest BCUT2D eigenvalue weighted by Gasteiger charge is 2.29. The van der Waals surface area contributed by atoms with Crippen molar-refractivity contribution in [2.24, 2.45) is 0 Å². The third-order valence-corrected chi connectivity index (χ3v) is 4.41. The molecule has 1 fully saturated rings. The van der Waals surface area contributed by atoms with Gasteiger partial charge in [-0.15, -0.1) is 0 Å². The molecule has 1 N–H and O–H groups in total. The predicted molar refractivity (Wildman–Crippen MR) is 79.9 cm³/mol. The van der Waals surface area contributed by atoms with E-state index >= 15 is 0 Å². The van der Waals surface area contributed by atoms with Crippen molar-refractivity contribution in [2.75, 3.05) is 11.9 Å². The summed E-state index contributed by atoms with van der Waals surface area (Å²) in [6.45, 7) is 2.63. The fourth-order valence-corrected chi connectivity index (χ4v) is 3.05. The lowest BCUT2D eigenvalue weighted by Gasteiger charge is -2.25. The minimum absolute atomic E-state index is 0.0606. The lowest BCUT2D eigenvalue weighted by Crippen LogP contribution is -2.35. The van der Waals surface area contributed by atoms with Crippen LogP contribution in [-0.4, -0.2) is 33.8 Å². The monoisotopic (exact) mass is 325 g/mol. The second-order valence-electron chi connectivity index (χ2n) is 5.08. The second-order valence-corrected chi connectivity index (χ2v) is 5.87. The van der Waals surface area contributed by atoms with Crippen LogP contribution in [0.15, 0.2) is 18.2 Å². The van der Waals surface area contributed by atoms with Gasteiger partial charge in [0.25, 0.3) is 5.91 Å². The quantitative estimate of drug-likeness (QED) is 0.861. The smallest absolute Gasteiger partial charge is 0.254 e. The average molecular weight is 326 g/mol. The number of phenols is 1. The Morgan fingerprint density at radius 2 is 2.32 bits per heavy atom. The van der Waals surface area contributed by atoms with Gasteiger partial charge in [0.2, 0.25) is 0 Å². The van der Waals surface area contributed by atoms with Gasteiger partial charge in [-0.1, -0.05) is 22.0 Å². The zero-order valence-corrected chi connectivity index (χ0v) is 12.8. The molecule has 1 unspecified atom stereocenters. The first kappa shape index (κ1) is 14.4. The largest absolute Gasteiger partial charge is 0.508 e. The van der Waals surface area contributed by atoms with Gasteiger partial charge in [-0.2, -0.15) is 0 Å². The average Bonchev–Trinajstić information content (AvgIpc) is 2.87. The highest BCUT2D eigenvalue weighted by Crippen LogP contribution is 2.27. The number of aromatic hydroxyl groups is 1. The van der Waals surface area contributed by atoms with Crippen LogP contribution < -0.4 is 0 Å². The lowest BCUT2D eigenvalue weighted by molar-refractivity contribution is 0.0729. The summed E-state index contributed by atoms with van der Waals surface area (Å²) in [7, 11) is 0. The summed E-state index contributed by atoms with van der Waals surface area (Å²) in [5.74, 6) is 0.257. The van der Waals surface area contributed by atoms with E-state index in [9.17, 15) is 9.90 Å². The molecule has 3 nitrogen and oxygen atoms in total. The number of hydrogen-bond acceptors (Lipinski definition) is 2. The molecule has 1 atom stereocenters. The Labute approximate surface area is 122 Å². The van der Waals surface area contributed by atoms with E-state index in [0.717, 1.165) is 37.6 Å². The predicted octanol–water partition coefficient (Wildman–Crippen LogP) is 3.48. The fourth-order valence-electron chi connectivity index (χ4n) is 2.73. The summed E-state index contributed by atoms with van der Waals surface area (Å²) < 4.78 is 0. The lowest BCUT2D eigenvalue weighted by atomic mass is 10.0. The number of amides is 1. The third-order valence-electron chi connectivity index (χ3n) is 3.84. The molecule has 1 saturated heterocycles. The highest BCUT2D eigenvalue weighted by atomic mass is 79.9. The van der Waals surface area contributed by atoms with Crippen molar-refractivity contribution < 1.29 is 9.90 Å². The van der Waals surface area contributed by atoms with Crippen LogP contribution in [0.3, 0.4) is 0 Å². The fraction of sp³-hybridized carbons (Fsp3) is 0.533. The molecular weight excluding hydrogens is 306 g/mol. The first-order valence-corrected chi connectivity index (χ1v) is 7.93. The van der Waals surface area contributed by atoms with Gasteiger partial charge < -0.3 is 10.0 Å². The molecule has 2 rings (SSSR count).